The van der Waals surface area contributed by atoms with E-state index in [0.29, 0.717) is 12.4 Å². The molecule has 0 radical (unpaired) electrons. The topological polar surface area (TPSA) is 91.9 Å². The number of nitrogens with one attached hydrogen (secondary N) is 2. The summed E-state index contributed by atoms with van der Waals surface area (Å²) in [6.45, 7) is 0. The van der Waals surface area contributed by atoms with Crippen molar-refractivity contribution in [1.82, 2.24) is 9.97 Å². The Morgan fingerprint density at radius 1 is 1.37 bits per heavy atom. The molecule has 6 nitrogen and oxygen atoms in total. The van der Waals surface area contributed by atoms with Crippen LogP contribution in [0.5, 0.6) is 0 Å². The second kappa shape index (κ2) is 4.34. The highest BCUT2D eigenvalue weighted by molar-refractivity contribution is 7.91. The molecule has 2 aromatic rings. The van der Waals surface area contributed by atoms with Crippen molar-refractivity contribution in [3.8, 4) is 0 Å². The summed E-state index contributed by atoms with van der Waals surface area (Å²) < 4.78 is 22.7. The highest BCUT2D eigenvalue weighted by Crippen LogP contribution is 2.20. The van der Waals surface area contributed by atoms with E-state index in [9.17, 15) is 13.2 Å². The van der Waals surface area contributed by atoms with Crippen molar-refractivity contribution >= 4 is 32.7 Å². The van der Waals surface area contributed by atoms with Gasteiger partial charge in [-0.25, -0.2) is 13.4 Å². The van der Waals surface area contributed by atoms with E-state index >= 15 is 0 Å². The molecule has 0 unspecified atom stereocenters. The van der Waals surface area contributed by atoms with Crippen LogP contribution in [-0.2, 0) is 14.6 Å². The lowest BCUT2D eigenvalue weighted by molar-refractivity contribution is -0.119. The smallest absolute Gasteiger partial charge is 0.230 e. The Kier molecular flexibility index (Phi) is 2.78. The third-order valence-corrected chi connectivity index (χ3v) is 5.00. The SMILES string of the molecule is O=C(Nc1nc2ccccc2[nH]1)[C@@H]1CCS(=O)(=O)C1. The molecular weight excluding hydrogens is 266 g/mol. The van der Waals surface area contributed by atoms with Gasteiger partial charge in [-0.05, 0) is 18.6 Å². The number of para-hydroxylation sites is 2. The van der Waals surface area contributed by atoms with Crippen LogP contribution in [0.1, 0.15) is 6.42 Å². The molecule has 19 heavy (non-hydrogen) atoms. The number of nitrogens with zero attached hydrogens (tertiary/aromatic N) is 1. The molecule has 3 rings (SSSR count). The summed E-state index contributed by atoms with van der Waals surface area (Å²) in [5.74, 6) is -0.390. The van der Waals surface area contributed by atoms with Crippen molar-refractivity contribution < 1.29 is 13.2 Å². The lowest BCUT2D eigenvalue weighted by atomic mass is 10.1. The van der Waals surface area contributed by atoms with Gasteiger partial charge in [-0.2, -0.15) is 0 Å². The number of aromatic amines is 1. The second-order valence-electron chi connectivity index (χ2n) is 4.69. The average Bonchev–Trinajstić information content (AvgIpc) is 2.91. The first-order chi connectivity index (χ1) is 9.03. The first-order valence-corrected chi connectivity index (χ1v) is 7.82. The molecule has 1 fully saturated rings. The van der Waals surface area contributed by atoms with Gasteiger partial charge in [0.1, 0.15) is 0 Å². The number of carbonyl (C=O) groups is 1. The number of fused-ring (bicyclic) bond motifs is 1. The summed E-state index contributed by atoms with van der Waals surface area (Å²) in [6.07, 6.45) is 0.383. The molecule has 1 aromatic heterocycles. The minimum atomic E-state index is -3.05. The highest BCUT2D eigenvalue weighted by Gasteiger charge is 2.33. The lowest BCUT2D eigenvalue weighted by Crippen LogP contribution is -2.24. The number of anilines is 1. The average molecular weight is 279 g/mol. The van der Waals surface area contributed by atoms with Gasteiger partial charge in [-0.15, -0.1) is 0 Å². The molecule has 100 valence electrons. The van der Waals surface area contributed by atoms with Crippen molar-refractivity contribution in [3.05, 3.63) is 24.3 Å². The van der Waals surface area contributed by atoms with Crippen LogP contribution in [0.15, 0.2) is 24.3 Å². The standard InChI is InChI=1S/C12H13N3O3S/c16-11(8-5-6-19(17,18)7-8)15-12-13-9-3-1-2-4-10(9)14-12/h1-4,8H,5-7H2,(H2,13,14,15,16)/t8-/m1/s1. The van der Waals surface area contributed by atoms with Gasteiger partial charge in [0, 0.05) is 0 Å². The zero-order valence-electron chi connectivity index (χ0n) is 10.1. The van der Waals surface area contributed by atoms with E-state index < -0.39 is 15.8 Å². The quantitative estimate of drug-likeness (QED) is 0.855. The molecule has 0 aliphatic carbocycles. The lowest BCUT2D eigenvalue weighted by Gasteiger charge is -2.06. The number of carbonyl (C=O) groups excluding carboxylic acids is 1. The number of H-pyrrole nitrogens is 1. The summed E-state index contributed by atoms with van der Waals surface area (Å²) >= 11 is 0. The number of aromatic nitrogens is 2. The number of hydrogen-bond acceptors (Lipinski definition) is 4. The van der Waals surface area contributed by atoms with Crippen LogP contribution >= 0.6 is 0 Å². The molecule has 7 heteroatoms. The third kappa shape index (κ3) is 2.46. The molecule has 1 aliphatic heterocycles. The van der Waals surface area contributed by atoms with Crippen LogP contribution in [0.2, 0.25) is 0 Å². The molecular formula is C12H13N3O3S. The summed E-state index contributed by atoms with van der Waals surface area (Å²) in [5.41, 5.74) is 1.59. The summed E-state index contributed by atoms with van der Waals surface area (Å²) in [6, 6.07) is 7.42. The molecule has 0 bridgehead atoms. The van der Waals surface area contributed by atoms with Gasteiger partial charge in [0.15, 0.2) is 9.84 Å². The van der Waals surface area contributed by atoms with E-state index in [1.807, 2.05) is 24.3 Å². The summed E-state index contributed by atoms with van der Waals surface area (Å²) in [5, 5.41) is 2.64. The largest absolute Gasteiger partial charge is 0.324 e. The highest BCUT2D eigenvalue weighted by atomic mass is 32.2. The molecule has 2 N–H and O–H groups in total. The Labute approximate surface area is 110 Å². The van der Waals surface area contributed by atoms with Crippen molar-refractivity contribution in [1.29, 1.82) is 0 Å². The maximum atomic E-state index is 11.9. The van der Waals surface area contributed by atoms with Crippen LogP contribution < -0.4 is 5.32 Å². The molecule has 0 spiro atoms. The predicted molar refractivity (Wildman–Crippen MR) is 71.5 cm³/mol. The minimum Gasteiger partial charge on any atom is -0.324 e. The summed E-state index contributed by atoms with van der Waals surface area (Å²) in [4.78, 5) is 19.1. The van der Waals surface area contributed by atoms with Gasteiger partial charge in [-0.3, -0.25) is 10.1 Å². The minimum absolute atomic E-state index is 0.0704. The first-order valence-electron chi connectivity index (χ1n) is 5.99. The number of hydrogen-bond donors (Lipinski definition) is 2. The number of sulfone groups is 1. The van der Waals surface area contributed by atoms with Gasteiger partial charge >= 0.3 is 0 Å². The first kappa shape index (κ1) is 12.2. The number of benzene rings is 1. The summed E-state index contributed by atoms with van der Waals surface area (Å²) in [7, 11) is -3.05. The van der Waals surface area contributed by atoms with Crippen molar-refractivity contribution in [2.75, 3.05) is 16.8 Å². The fourth-order valence-electron chi connectivity index (χ4n) is 2.23. The Morgan fingerprint density at radius 2 is 2.16 bits per heavy atom. The van der Waals surface area contributed by atoms with Crippen molar-refractivity contribution in [2.45, 2.75) is 6.42 Å². The number of imidazole rings is 1. The Bertz CT molecular complexity index is 703. The Balaban J connectivity index is 1.76. The molecule has 1 atom stereocenters. The van der Waals surface area contributed by atoms with Gasteiger partial charge in [-0.1, -0.05) is 12.1 Å². The maximum absolute atomic E-state index is 11.9. The van der Waals surface area contributed by atoms with Crippen molar-refractivity contribution in [2.24, 2.45) is 5.92 Å². The fraction of sp³-hybridized carbons (Fsp3) is 0.333. The van der Waals surface area contributed by atoms with E-state index in [-0.39, 0.29) is 17.4 Å². The molecule has 0 saturated carbocycles. The molecule has 1 saturated heterocycles. The van der Waals surface area contributed by atoms with Crippen LogP contribution in [-0.4, -0.2) is 35.8 Å². The normalized spacial score (nSPS) is 21.6. The van der Waals surface area contributed by atoms with Gasteiger partial charge < -0.3 is 4.98 Å². The Hall–Kier alpha value is -1.89. The Morgan fingerprint density at radius 3 is 2.84 bits per heavy atom. The number of amides is 1. The van der Waals surface area contributed by atoms with Crippen LogP contribution in [0.3, 0.4) is 0 Å². The monoisotopic (exact) mass is 279 g/mol. The van der Waals surface area contributed by atoms with E-state index in [2.05, 4.69) is 15.3 Å². The second-order valence-corrected chi connectivity index (χ2v) is 6.92. The predicted octanol–water partition coefficient (Wildman–Crippen LogP) is 0.936. The third-order valence-electron chi connectivity index (χ3n) is 3.23. The van der Waals surface area contributed by atoms with Crippen LogP contribution in [0.4, 0.5) is 5.95 Å². The molecule has 1 aromatic carbocycles. The number of rotatable bonds is 2. The van der Waals surface area contributed by atoms with Crippen LogP contribution in [0, 0.1) is 5.92 Å². The maximum Gasteiger partial charge on any atom is 0.230 e. The fourth-order valence-corrected chi connectivity index (χ4v) is 3.97. The van der Waals surface area contributed by atoms with E-state index in [4.69, 9.17) is 0 Å². The molecule has 1 aliphatic rings. The van der Waals surface area contributed by atoms with Gasteiger partial charge in [0.05, 0.1) is 28.5 Å². The van der Waals surface area contributed by atoms with Crippen molar-refractivity contribution in [3.63, 3.8) is 0 Å². The zero-order chi connectivity index (χ0) is 13.5. The van der Waals surface area contributed by atoms with Gasteiger partial charge in [0.25, 0.3) is 0 Å². The van der Waals surface area contributed by atoms with E-state index in [1.54, 1.807) is 0 Å². The molecule has 1 amide bonds. The van der Waals surface area contributed by atoms with E-state index in [0.717, 1.165) is 11.0 Å². The van der Waals surface area contributed by atoms with Gasteiger partial charge in [0.2, 0.25) is 11.9 Å². The van der Waals surface area contributed by atoms with E-state index in [1.165, 1.54) is 0 Å². The zero-order valence-corrected chi connectivity index (χ0v) is 10.9. The molecule has 2 heterocycles. The van der Waals surface area contributed by atoms with Crippen LogP contribution in [0.25, 0.3) is 11.0 Å².